The second kappa shape index (κ2) is 6.62. The Bertz CT molecular complexity index is 157. The van der Waals surface area contributed by atoms with Crippen molar-refractivity contribution in [3.63, 3.8) is 0 Å². The van der Waals surface area contributed by atoms with Gasteiger partial charge in [0.15, 0.2) is 0 Å². The molecule has 0 saturated heterocycles. The van der Waals surface area contributed by atoms with E-state index in [1.165, 1.54) is 5.57 Å². The Labute approximate surface area is 68.1 Å². The van der Waals surface area contributed by atoms with E-state index in [2.05, 4.69) is 24.1 Å². The average Bonchev–Trinajstić information content (AvgIpc) is 1.98. The molecule has 0 aromatic carbocycles. The van der Waals surface area contributed by atoms with Gasteiger partial charge in [0, 0.05) is 6.21 Å². The van der Waals surface area contributed by atoms with Crippen LogP contribution in [0, 0.1) is 0 Å². The van der Waals surface area contributed by atoms with Crippen LogP contribution in [-0.2, 0) is 0 Å². The summed E-state index contributed by atoms with van der Waals surface area (Å²) >= 11 is 3.74. The van der Waals surface area contributed by atoms with E-state index >= 15 is 0 Å². The van der Waals surface area contributed by atoms with Crippen LogP contribution in [0.15, 0.2) is 28.2 Å². The standard InChI is InChI=1S/C8H13NS/c1-3-5-6-8(4-2)7-9-10/h3,5-7,10H,4H2,1-2H3/b5-3-,8-6+,9-7+. The lowest BCUT2D eigenvalue weighted by atomic mass is 10.2. The first-order valence-electron chi connectivity index (χ1n) is 3.34. The van der Waals surface area contributed by atoms with E-state index in [-0.39, 0.29) is 0 Å². The summed E-state index contributed by atoms with van der Waals surface area (Å²) in [7, 11) is 0. The Morgan fingerprint density at radius 1 is 1.60 bits per heavy atom. The fourth-order valence-electron chi connectivity index (χ4n) is 0.546. The Morgan fingerprint density at radius 2 is 2.30 bits per heavy atom. The van der Waals surface area contributed by atoms with Crippen LogP contribution in [0.5, 0.6) is 0 Å². The van der Waals surface area contributed by atoms with Crippen molar-refractivity contribution in [1.29, 1.82) is 0 Å². The second-order valence-corrected chi connectivity index (χ2v) is 2.10. The topological polar surface area (TPSA) is 12.4 Å². The van der Waals surface area contributed by atoms with Gasteiger partial charge in [-0.25, -0.2) is 4.40 Å². The third kappa shape index (κ3) is 4.39. The maximum absolute atomic E-state index is 3.74. The molecule has 0 saturated carbocycles. The van der Waals surface area contributed by atoms with Crippen molar-refractivity contribution in [3.05, 3.63) is 23.8 Å². The Morgan fingerprint density at radius 3 is 2.70 bits per heavy atom. The van der Waals surface area contributed by atoms with Crippen molar-refractivity contribution in [2.45, 2.75) is 20.3 Å². The summed E-state index contributed by atoms with van der Waals surface area (Å²) in [5.74, 6) is 0. The molecule has 1 nitrogen and oxygen atoms in total. The number of allylic oxidation sites excluding steroid dienone is 4. The molecule has 0 fully saturated rings. The minimum Gasteiger partial charge on any atom is -0.228 e. The van der Waals surface area contributed by atoms with Crippen molar-refractivity contribution in [3.8, 4) is 0 Å². The molecule has 0 aliphatic rings. The lowest BCUT2D eigenvalue weighted by Crippen LogP contribution is -1.78. The molecule has 0 aliphatic carbocycles. The number of hydrogen-bond donors (Lipinski definition) is 1. The minimum absolute atomic E-state index is 0.994. The van der Waals surface area contributed by atoms with Crippen LogP contribution in [0.3, 0.4) is 0 Å². The minimum atomic E-state index is 0.994. The fraction of sp³-hybridized carbons (Fsp3) is 0.375. The molecule has 0 aliphatic heterocycles. The van der Waals surface area contributed by atoms with Crippen LogP contribution >= 0.6 is 12.8 Å². The zero-order chi connectivity index (χ0) is 7.82. The normalized spacial score (nSPS) is 13.7. The van der Waals surface area contributed by atoms with E-state index < -0.39 is 0 Å². The van der Waals surface area contributed by atoms with Gasteiger partial charge in [0.05, 0.1) is 0 Å². The highest BCUT2D eigenvalue weighted by Gasteiger charge is 1.83. The molecule has 0 aromatic heterocycles. The van der Waals surface area contributed by atoms with E-state index in [0.717, 1.165) is 6.42 Å². The van der Waals surface area contributed by atoms with Gasteiger partial charge in [-0.3, -0.25) is 0 Å². The van der Waals surface area contributed by atoms with Gasteiger partial charge in [0.1, 0.15) is 0 Å². The molecule has 0 bridgehead atoms. The molecule has 56 valence electrons. The predicted molar refractivity (Wildman–Crippen MR) is 50.7 cm³/mol. The molecule has 0 atom stereocenters. The summed E-state index contributed by atoms with van der Waals surface area (Å²) in [5, 5.41) is 0. The van der Waals surface area contributed by atoms with Crippen molar-refractivity contribution in [2.24, 2.45) is 4.40 Å². The SMILES string of the molecule is C\C=C/C=C(/C=N/S)CC. The van der Waals surface area contributed by atoms with Crippen LogP contribution in [0.1, 0.15) is 20.3 Å². The number of hydrogen-bond acceptors (Lipinski definition) is 2. The highest BCUT2D eigenvalue weighted by Crippen LogP contribution is 1.97. The quantitative estimate of drug-likeness (QED) is 0.365. The third-order valence-electron chi connectivity index (χ3n) is 1.13. The molecule has 0 amide bonds. The summed E-state index contributed by atoms with van der Waals surface area (Å²) in [6.07, 6.45) is 8.76. The summed E-state index contributed by atoms with van der Waals surface area (Å²) in [4.78, 5) is 0. The summed E-state index contributed by atoms with van der Waals surface area (Å²) in [6.45, 7) is 4.08. The monoisotopic (exact) mass is 155 g/mol. The maximum atomic E-state index is 3.74. The van der Waals surface area contributed by atoms with Crippen molar-refractivity contribution >= 4 is 19.0 Å². The van der Waals surface area contributed by atoms with Crippen molar-refractivity contribution in [1.82, 2.24) is 0 Å². The van der Waals surface area contributed by atoms with E-state index in [4.69, 9.17) is 0 Å². The molecule has 0 radical (unpaired) electrons. The van der Waals surface area contributed by atoms with Crippen LogP contribution < -0.4 is 0 Å². The Balaban J connectivity index is 4.04. The number of thiol groups is 1. The van der Waals surface area contributed by atoms with Gasteiger partial charge in [0.25, 0.3) is 0 Å². The van der Waals surface area contributed by atoms with Crippen molar-refractivity contribution in [2.75, 3.05) is 0 Å². The predicted octanol–water partition coefficient (Wildman–Crippen LogP) is 2.81. The van der Waals surface area contributed by atoms with Crippen LogP contribution in [0.25, 0.3) is 0 Å². The molecule has 0 rings (SSSR count). The fourth-order valence-corrected chi connectivity index (χ4v) is 0.694. The highest BCUT2D eigenvalue weighted by molar-refractivity contribution is 7.78. The smallest absolute Gasteiger partial charge is 0.0380 e. The van der Waals surface area contributed by atoms with E-state index in [1.807, 2.05) is 25.2 Å². The first-order valence-corrected chi connectivity index (χ1v) is 3.74. The van der Waals surface area contributed by atoms with Crippen molar-refractivity contribution < 1.29 is 0 Å². The van der Waals surface area contributed by atoms with E-state index in [1.54, 1.807) is 6.21 Å². The first-order chi connectivity index (χ1) is 4.85. The Hall–Kier alpha value is -0.500. The summed E-state index contributed by atoms with van der Waals surface area (Å²) in [6, 6.07) is 0. The van der Waals surface area contributed by atoms with Crippen LogP contribution in [-0.4, -0.2) is 6.21 Å². The molecule has 0 unspecified atom stereocenters. The number of nitrogens with zero attached hydrogens (tertiary/aromatic N) is 1. The lowest BCUT2D eigenvalue weighted by molar-refractivity contribution is 1.18. The molecular weight excluding hydrogens is 142 g/mol. The average molecular weight is 155 g/mol. The van der Waals surface area contributed by atoms with Gasteiger partial charge in [-0.05, 0) is 31.7 Å². The largest absolute Gasteiger partial charge is 0.228 e. The number of rotatable bonds is 3. The van der Waals surface area contributed by atoms with Gasteiger partial charge in [0.2, 0.25) is 0 Å². The molecule has 0 aromatic rings. The Kier molecular flexibility index (Phi) is 6.29. The van der Waals surface area contributed by atoms with Gasteiger partial charge in [-0.15, -0.1) is 0 Å². The van der Waals surface area contributed by atoms with Gasteiger partial charge >= 0.3 is 0 Å². The van der Waals surface area contributed by atoms with Gasteiger partial charge in [-0.1, -0.05) is 25.2 Å². The van der Waals surface area contributed by atoms with E-state index in [0.29, 0.717) is 0 Å². The molecule has 0 spiro atoms. The zero-order valence-corrected chi connectivity index (χ0v) is 7.31. The van der Waals surface area contributed by atoms with Crippen LogP contribution in [0.4, 0.5) is 0 Å². The highest BCUT2D eigenvalue weighted by atomic mass is 32.1. The molecule has 0 N–H and O–H groups in total. The maximum Gasteiger partial charge on any atom is 0.0380 e. The second-order valence-electron chi connectivity index (χ2n) is 1.87. The molecule has 0 heterocycles. The summed E-state index contributed by atoms with van der Waals surface area (Å²) < 4.78 is 3.63. The summed E-state index contributed by atoms with van der Waals surface area (Å²) in [5.41, 5.74) is 1.19. The molecule has 2 heteroatoms. The lowest BCUT2D eigenvalue weighted by Gasteiger charge is -1.89. The van der Waals surface area contributed by atoms with Gasteiger partial charge < -0.3 is 0 Å². The van der Waals surface area contributed by atoms with Gasteiger partial charge in [-0.2, -0.15) is 0 Å². The third-order valence-corrected chi connectivity index (χ3v) is 1.25. The van der Waals surface area contributed by atoms with Crippen LogP contribution in [0.2, 0.25) is 0 Å². The zero-order valence-electron chi connectivity index (χ0n) is 6.41. The molecule has 10 heavy (non-hydrogen) atoms. The first kappa shape index (κ1) is 9.50. The van der Waals surface area contributed by atoms with E-state index in [9.17, 15) is 0 Å². The molecular formula is C8H13NS.